The average molecular weight is 382 g/mol. The molecule has 1 aliphatic carbocycles. The van der Waals surface area contributed by atoms with Crippen LogP contribution < -0.4 is 4.74 Å². The van der Waals surface area contributed by atoms with Gasteiger partial charge >= 0.3 is 7.60 Å². The molecule has 0 atom stereocenters. The first kappa shape index (κ1) is 18.1. The minimum atomic E-state index is -4.09. The van der Waals surface area contributed by atoms with E-state index >= 15 is 0 Å². The first-order valence-electron chi connectivity index (χ1n) is 7.85. The lowest BCUT2D eigenvalue weighted by atomic mass is 10.2. The normalized spacial score (nSPS) is 15.1. The minimum Gasteiger partial charge on any atom is -0.457 e. The van der Waals surface area contributed by atoms with Crippen LogP contribution in [0, 0.1) is 5.92 Å². The summed E-state index contributed by atoms with van der Waals surface area (Å²) in [5.41, 5.74) is 0.516. The van der Waals surface area contributed by atoms with Gasteiger partial charge in [-0.15, -0.1) is 0 Å². The summed E-state index contributed by atoms with van der Waals surface area (Å²) < 4.78 is 41.0. The Labute approximate surface area is 146 Å². The van der Waals surface area contributed by atoms with Gasteiger partial charge in [0.2, 0.25) is 0 Å². The van der Waals surface area contributed by atoms with Gasteiger partial charge in [0.05, 0.1) is 16.8 Å². The monoisotopic (exact) mass is 382 g/mol. The Morgan fingerprint density at radius 3 is 1.96 bits per heavy atom. The molecule has 0 saturated heterocycles. The van der Waals surface area contributed by atoms with Crippen molar-refractivity contribution in [2.24, 2.45) is 5.92 Å². The fourth-order valence-electron chi connectivity index (χ4n) is 2.44. The molecule has 0 aliphatic heterocycles. The summed E-state index contributed by atoms with van der Waals surface area (Å²) >= 11 is 0. The van der Waals surface area contributed by atoms with E-state index in [2.05, 4.69) is 0 Å². The van der Waals surface area contributed by atoms with Crippen molar-refractivity contribution in [2.45, 2.75) is 23.9 Å². The molecule has 25 heavy (non-hydrogen) atoms. The van der Waals surface area contributed by atoms with Crippen molar-refractivity contribution in [2.75, 3.05) is 5.75 Å². The highest BCUT2D eigenvalue weighted by atomic mass is 32.2. The van der Waals surface area contributed by atoms with Crippen LogP contribution in [0.25, 0.3) is 0 Å². The third-order valence-corrected chi connectivity index (χ3v) is 6.56. The molecule has 134 valence electrons. The molecule has 3 rings (SSSR count). The molecule has 0 amide bonds. The van der Waals surface area contributed by atoms with E-state index in [0.717, 1.165) is 12.8 Å². The van der Waals surface area contributed by atoms with Crippen molar-refractivity contribution in [3.63, 3.8) is 0 Å². The standard InChI is InChI=1S/C17H19O6PS/c18-24(19,20)11-13-3-5-15(6-4-13)23-16-7-9-17(10-8-16)25(21,22)12-14-1-2-14/h3-10,14H,1-2,11-12H2,(H2,18,19,20). The number of rotatable bonds is 7. The van der Waals surface area contributed by atoms with Crippen LogP contribution in [0.5, 0.6) is 11.5 Å². The largest absolute Gasteiger partial charge is 0.457 e. The Balaban J connectivity index is 1.66. The van der Waals surface area contributed by atoms with Crippen molar-refractivity contribution in [1.29, 1.82) is 0 Å². The van der Waals surface area contributed by atoms with Gasteiger partial charge in [-0.3, -0.25) is 4.57 Å². The molecule has 2 N–H and O–H groups in total. The quantitative estimate of drug-likeness (QED) is 0.713. The topological polar surface area (TPSA) is 101 Å². The maximum atomic E-state index is 12.2. The van der Waals surface area contributed by atoms with E-state index in [1.807, 2.05) is 0 Å². The third-order valence-electron chi connectivity index (χ3n) is 3.88. The van der Waals surface area contributed by atoms with Gasteiger partial charge in [-0.25, -0.2) is 8.42 Å². The maximum Gasteiger partial charge on any atom is 0.329 e. The molecule has 1 aliphatic rings. The highest BCUT2D eigenvalue weighted by molar-refractivity contribution is 7.91. The Kier molecular flexibility index (Phi) is 5.02. The van der Waals surface area contributed by atoms with Crippen LogP contribution in [0.2, 0.25) is 0 Å². The maximum absolute atomic E-state index is 12.2. The first-order valence-corrected chi connectivity index (χ1v) is 11.3. The van der Waals surface area contributed by atoms with Gasteiger partial charge in [0.1, 0.15) is 11.5 Å². The van der Waals surface area contributed by atoms with Crippen molar-refractivity contribution in [1.82, 2.24) is 0 Å². The van der Waals surface area contributed by atoms with E-state index in [0.29, 0.717) is 27.9 Å². The predicted molar refractivity (Wildman–Crippen MR) is 93.5 cm³/mol. The molecular weight excluding hydrogens is 363 g/mol. The molecule has 1 fully saturated rings. The molecule has 2 aromatic carbocycles. The van der Waals surface area contributed by atoms with Crippen LogP contribution in [-0.4, -0.2) is 24.0 Å². The van der Waals surface area contributed by atoms with E-state index < -0.39 is 17.4 Å². The van der Waals surface area contributed by atoms with Crippen LogP contribution in [0.4, 0.5) is 0 Å². The molecule has 0 heterocycles. The number of ether oxygens (including phenoxy) is 1. The Morgan fingerprint density at radius 2 is 1.48 bits per heavy atom. The summed E-state index contributed by atoms with van der Waals surface area (Å²) in [5, 5.41) is 0. The first-order chi connectivity index (χ1) is 11.7. The SMILES string of the molecule is O=P(O)(O)Cc1ccc(Oc2ccc(S(=O)(=O)CC3CC3)cc2)cc1. The molecule has 0 aromatic heterocycles. The van der Waals surface area contributed by atoms with Crippen LogP contribution in [0.15, 0.2) is 53.4 Å². The summed E-state index contributed by atoms with van der Waals surface area (Å²) in [6.07, 6.45) is 1.65. The predicted octanol–water partition coefficient (Wildman–Crippen LogP) is 3.34. The van der Waals surface area contributed by atoms with E-state index in [9.17, 15) is 13.0 Å². The van der Waals surface area contributed by atoms with Crippen LogP contribution in [0.3, 0.4) is 0 Å². The van der Waals surface area contributed by atoms with E-state index in [-0.39, 0.29) is 11.9 Å². The fourth-order valence-corrected chi connectivity index (χ4v) is 4.83. The Hall–Kier alpha value is -1.66. The second kappa shape index (κ2) is 6.92. The molecule has 2 aromatic rings. The average Bonchev–Trinajstić information content (AvgIpc) is 3.32. The molecule has 0 unspecified atom stereocenters. The number of hydrogen-bond acceptors (Lipinski definition) is 4. The molecule has 0 bridgehead atoms. The minimum absolute atomic E-state index is 0.203. The van der Waals surface area contributed by atoms with Crippen molar-refractivity contribution >= 4 is 17.4 Å². The zero-order valence-corrected chi connectivity index (χ0v) is 15.1. The highest BCUT2D eigenvalue weighted by Crippen LogP contribution is 2.39. The summed E-state index contributed by atoms with van der Waals surface area (Å²) in [6.45, 7) is 0. The molecule has 8 heteroatoms. The second-order valence-corrected chi connectivity index (χ2v) is 9.94. The summed E-state index contributed by atoms with van der Waals surface area (Å²) in [6, 6.07) is 12.7. The second-order valence-electron chi connectivity index (χ2n) is 6.27. The number of benzene rings is 2. The molecule has 1 saturated carbocycles. The van der Waals surface area contributed by atoms with Gasteiger partial charge in [0, 0.05) is 0 Å². The third kappa shape index (κ3) is 5.41. The Morgan fingerprint density at radius 1 is 0.960 bits per heavy atom. The van der Waals surface area contributed by atoms with Gasteiger partial charge in [-0.1, -0.05) is 12.1 Å². The van der Waals surface area contributed by atoms with Crippen molar-refractivity contribution in [3.8, 4) is 11.5 Å². The fraction of sp³-hybridized carbons (Fsp3) is 0.294. The zero-order valence-electron chi connectivity index (χ0n) is 13.4. The number of sulfone groups is 1. The van der Waals surface area contributed by atoms with Gasteiger partial charge in [0.15, 0.2) is 9.84 Å². The zero-order chi connectivity index (χ0) is 18.1. The van der Waals surface area contributed by atoms with Crippen molar-refractivity contribution < 1.29 is 27.5 Å². The molecule has 6 nitrogen and oxygen atoms in total. The molecule has 0 spiro atoms. The van der Waals surface area contributed by atoms with E-state index in [1.54, 1.807) is 36.4 Å². The lowest BCUT2D eigenvalue weighted by molar-refractivity contribution is 0.371. The lowest BCUT2D eigenvalue weighted by Crippen LogP contribution is -2.08. The van der Waals surface area contributed by atoms with E-state index in [1.165, 1.54) is 12.1 Å². The van der Waals surface area contributed by atoms with Gasteiger partial charge in [-0.05, 0) is 60.7 Å². The van der Waals surface area contributed by atoms with Gasteiger partial charge in [-0.2, -0.15) is 0 Å². The molecule has 0 radical (unpaired) electrons. The highest BCUT2D eigenvalue weighted by Gasteiger charge is 2.28. The van der Waals surface area contributed by atoms with Crippen LogP contribution in [-0.2, 0) is 20.6 Å². The smallest absolute Gasteiger partial charge is 0.329 e. The number of hydrogen-bond donors (Lipinski definition) is 2. The van der Waals surface area contributed by atoms with E-state index in [4.69, 9.17) is 14.5 Å². The summed E-state index contributed by atoms with van der Waals surface area (Å²) in [5.74, 6) is 1.50. The van der Waals surface area contributed by atoms with Crippen LogP contribution >= 0.6 is 7.60 Å². The van der Waals surface area contributed by atoms with Crippen molar-refractivity contribution in [3.05, 3.63) is 54.1 Å². The Bertz CT molecular complexity index is 880. The van der Waals surface area contributed by atoms with Gasteiger partial charge < -0.3 is 14.5 Å². The van der Waals surface area contributed by atoms with Gasteiger partial charge in [0.25, 0.3) is 0 Å². The summed E-state index contributed by atoms with van der Waals surface area (Å²) in [7, 11) is -7.33. The van der Waals surface area contributed by atoms with Crippen LogP contribution in [0.1, 0.15) is 18.4 Å². The molecular formula is C17H19O6PS. The lowest BCUT2D eigenvalue weighted by Gasteiger charge is -2.09. The summed E-state index contributed by atoms with van der Waals surface area (Å²) in [4.78, 5) is 18.2.